The third-order valence-electron chi connectivity index (χ3n) is 6.18. The highest BCUT2D eigenvalue weighted by molar-refractivity contribution is 5.72. The van der Waals surface area contributed by atoms with Crippen molar-refractivity contribution < 1.29 is 19.1 Å². The maximum absolute atomic E-state index is 12.6. The zero-order valence-electron chi connectivity index (χ0n) is 21.8. The summed E-state index contributed by atoms with van der Waals surface area (Å²) in [6.45, 7) is 7.70. The molecule has 0 N–H and O–H groups in total. The van der Waals surface area contributed by atoms with Gasteiger partial charge in [0.05, 0.1) is 19.1 Å². The number of esters is 2. The van der Waals surface area contributed by atoms with E-state index >= 15 is 0 Å². The van der Waals surface area contributed by atoms with Gasteiger partial charge < -0.3 is 9.47 Å². The lowest BCUT2D eigenvalue weighted by Crippen LogP contribution is -2.19. The van der Waals surface area contributed by atoms with E-state index in [-0.39, 0.29) is 17.9 Å². The number of unbranched alkanes of at least 4 members (excludes halogenated alkanes) is 13. The summed E-state index contributed by atoms with van der Waals surface area (Å²) in [6.07, 6.45) is 21.6. The van der Waals surface area contributed by atoms with Gasteiger partial charge in [-0.15, -0.1) is 0 Å². The average Bonchev–Trinajstić information content (AvgIpc) is 2.79. The van der Waals surface area contributed by atoms with Gasteiger partial charge in [-0.3, -0.25) is 9.59 Å². The van der Waals surface area contributed by atoms with E-state index in [1.165, 1.54) is 70.6 Å². The van der Waals surface area contributed by atoms with Crippen LogP contribution in [0, 0.1) is 5.92 Å². The van der Waals surface area contributed by atoms with Gasteiger partial charge in [-0.2, -0.15) is 0 Å². The van der Waals surface area contributed by atoms with Crippen LogP contribution < -0.4 is 0 Å². The van der Waals surface area contributed by atoms with Gasteiger partial charge in [0.25, 0.3) is 0 Å². The first kappa shape index (κ1) is 30.9. The van der Waals surface area contributed by atoms with E-state index in [0.717, 1.165) is 44.9 Å². The van der Waals surface area contributed by atoms with Crippen LogP contribution in [0.25, 0.3) is 0 Å². The highest BCUT2D eigenvalue weighted by Gasteiger charge is 2.20. The molecule has 4 nitrogen and oxygen atoms in total. The zero-order valence-corrected chi connectivity index (χ0v) is 21.8. The molecule has 0 heterocycles. The number of ether oxygens (including phenoxy) is 2. The summed E-state index contributed by atoms with van der Waals surface area (Å²) < 4.78 is 11.0. The third kappa shape index (κ3) is 20.8. The molecular weight excluding hydrogens is 400 g/mol. The van der Waals surface area contributed by atoms with Crippen molar-refractivity contribution in [2.24, 2.45) is 5.92 Å². The van der Waals surface area contributed by atoms with Crippen LogP contribution in [0.4, 0.5) is 0 Å². The molecule has 0 amide bonds. The van der Waals surface area contributed by atoms with Crippen LogP contribution in [0.1, 0.15) is 149 Å². The van der Waals surface area contributed by atoms with Gasteiger partial charge >= 0.3 is 11.9 Å². The van der Waals surface area contributed by atoms with Crippen molar-refractivity contribution in [3.63, 3.8) is 0 Å². The second-order valence-electron chi connectivity index (χ2n) is 9.36. The molecule has 0 fully saturated rings. The SMILES string of the molecule is CCCCCCCCC(CCCC(=O)OCCCCCCC)C(=O)OCCCCCCC. The van der Waals surface area contributed by atoms with Crippen molar-refractivity contribution in [3.8, 4) is 0 Å². The van der Waals surface area contributed by atoms with Crippen LogP contribution in [-0.4, -0.2) is 25.2 Å². The van der Waals surface area contributed by atoms with Crippen molar-refractivity contribution in [1.29, 1.82) is 0 Å². The Labute approximate surface area is 199 Å². The van der Waals surface area contributed by atoms with Gasteiger partial charge in [0.2, 0.25) is 0 Å². The Kier molecular flexibility index (Phi) is 23.8. The Balaban J connectivity index is 4.15. The first-order valence-electron chi connectivity index (χ1n) is 14.0. The minimum Gasteiger partial charge on any atom is -0.466 e. The lowest BCUT2D eigenvalue weighted by atomic mass is 9.95. The summed E-state index contributed by atoms with van der Waals surface area (Å²) in [4.78, 5) is 24.6. The Morgan fingerprint density at radius 1 is 0.531 bits per heavy atom. The fraction of sp³-hybridized carbons (Fsp3) is 0.929. The number of carbonyl (C=O) groups excluding carboxylic acids is 2. The van der Waals surface area contributed by atoms with E-state index in [4.69, 9.17) is 9.47 Å². The minimum atomic E-state index is -0.122. The second kappa shape index (κ2) is 24.6. The molecule has 0 bridgehead atoms. The van der Waals surface area contributed by atoms with Crippen LogP contribution in [0.15, 0.2) is 0 Å². The standard InChI is InChI=1S/C28H54O4/c1-4-7-10-13-14-17-21-26(28(30)32-25-19-16-12-9-6-3)22-20-23-27(29)31-24-18-15-11-8-5-2/h26H,4-25H2,1-3H3. The van der Waals surface area contributed by atoms with Crippen LogP contribution >= 0.6 is 0 Å². The fourth-order valence-electron chi connectivity index (χ4n) is 4.00. The van der Waals surface area contributed by atoms with Gasteiger partial charge in [0.15, 0.2) is 0 Å². The predicted molar refractivity (Wildman–Crippen MR) is 135 cm³/mol. The summed E-state index contributed by atoms with van der Waals surface area (Å²) >= 11 is 0. The molecule has 0 spiro atoms. The molecule has 0 aliphatic heterocycles. The highest BCUT2D eigenvalue weighted by atomic mass is 16.5. The predicted octanol–water partition coefficient (Wildman–Crippen LogP) is 8.55. The first-order chi connectivity index (χ1) is 15.7. The highest BCUT2D eigenvalue weighted by Crippen LogP contribution is 2.20. The third-order valence-corrected chi connectivity index (χ3v) is 6.18. The average molecular weight is 455 g/mol. The summed E-state index contributed by atoms with van der Waals surface area (Å²) in [7, 11) is 0. The molecule has 32 heavy (non-hydrogen) atoms. The Morgan fingerprint density at radius 2 is 0.969 bits per heavy atom. The number of hydrogen-bond acceptors (Lipinski definition) is 4. The molecule has 0 saturated carbocycles. The van der Waals surface area contributed by atoms with E-state index in [2.05, 4.69) is 20.8 Å². The maximum atomic E-state index is 12.6. The largest absolute Gasteiger partial charge is 0.466 e. The molecule has 4 heteroatoms. The molecule has 1 atom stereocenters. The van der Waals surface area contributed by atoms with E-state index in [1.807, 2.05) is 0 Å². The fourth-order valence-corrected chi connectivity index (χ4v) is 4.00. The Morgan fingerprint density at radius 3 is 1.53 bits per heavy atom. The number of carbonyl (C=O) groups is 2. The number of rotatable bonds is 24. The van der Waals surface area contributed by atoms with Gasteiger partial charge in [-0.1, -0.05) is 111 Å². The Bertz CT molecular complexity index is 422. The minimum absolute atomic E-state index is 0.0571. The lowest BCUT2D eigenvalue weighted by Gasteiger charge is -2.16. The summed E-state index contributed by atoms with van der Waals surface area (Å²) in [5, 5.41) is 0. The molecule has 0 rings (SSSR count). The monoisotopic (exact) mass is 454 g/mol. The molecule has 0 aliphatic carbocycles. The van der Waals surface area contributed by atoms with E-state index in [0.29, 0.717) is 26.1 Å². The van der Waals surface area contributed by atoms with Crippen molar-refractivity contribution in [3.05, 3.63) is 0 Å². The molecule has 0 radical (unpaired) electrons. The van der Waals surface area contributed by atoms with Crippen molar-refractivity contribution in [2.45, 2.75) is 149 Å². The molecule has 0 aromatic carbocycles. The topological polar surface area (TPSA) is 52.6 Å². The lowest BCUT2D eigenvalue weighted by molar-refractivity contribution is -0.150. The van der Waals surface area contributed by atoms with E-state index < -0.39 is 0 Å². The van der Waals surface area contributed by atoms with Crippen LogP contribution in [0.2, 0.25) is 0 Å². The molecule has 0 aliphatic rings. The molecular formula is C28H54O4. The number of hydrogen-bond donors (Lipinski definition) is 0. The van der Waals surface area contributed by atoms with E-state index in [9.17, 15) is 9.59 Å². The van der Waals surface area contributed by atoms with Gasteiger partial charge in [-0.25, -0.2) is 0 Å². The van der Waals surface area contributed by atoms with Gasteiger partial charge in [-0.05, 0) is 32.1 Å². The van der Waals surface area contributed by atoms with Gasteiger partial charge in [0.1, 0.15) is 0 Å². The quantitative estimate of drug-likeness (QED) is 0.108. The second-order valence-corrected chi connectivity index (χ2v) is 9.36. The molecule has 1 unspecified atom stereocenters. The zero-order chi connectivity index (χ0) is 23.7. The van der Waals surface area contributed by atoms with E-state index in [1.54, 1.807) is 0 Å². The Hall–Kier alpha value is -1.06. The molecule has 0 aromatic rings. The van der Waals surface area contributed by atoms with Crippen molar-refractivity contribution in [1.82, 2.24) is 0 Å². The van der Waals surface area contributed by atoms with Crippen LogP contribution in [0.3, 0.4) is 0 Å². The van der Waals surface area contributed by atoms with Crippen molar-refractivity contribution >= 4 is 11.9 Å². The van der Waals surface area contributed by atoms with Crippen LogP contribution in [-0.2, 0) is 19.1 Å². The van der Waals surface area contributed by atoms with Crippen LogP contribution in [0.5, 0.6) is 0 Å². The van der Waals surface area contributed by atoms with Crippen molar-refractivity contribution in [2.75, 3.05) is 13.2 Å². The summed E-state index contributed by atoms with van der Waals surface area (Å²) in [5.41, 5.74) is 0. The molecule has 190 valence electrons. The molecule has 0 saturated heterocycles. The summed E-state index contributed by atoms with van der Waals surface area (Å²) in [5.74, 6) is -0.250. The summed E-state index contributed by atoms with van der Waals surface area (Å²) in [6, 6.07) is 0. The maximum Gasteiger partial charge on any atom is 0.308 e. The normalized spacial score (nSPS) is 12.0. The van der Waals surface area contributed by atoms with Gasteiger partial charge in [0, 0.05) is 6.42 Å². The first-order valence-corrected chi connectivity index (χ1v) is 14.0. The molecule has 0 aromatic heterocycles. The smallest absolute Gasteiger partial charge is 0.308 e.